The maximum atomic E-state index is 15.8. The van der Waals surface area contributed by atoms with E-state index in [1.54, 1.807) is 32.9 Å². The standard InChI is InChI=1S/C77H124ClF3N12O13S/c1-17-25-55-66(97)83-63(46(6)18-2)72(103)87(12)43-62(96)89(14)56-26-23-22-24-34-92(71(56)102)59(38-47-27-30-51(31-28-47)77(79,80)81)70(101)86(11)42-60(94)82-54(32-29-48-36-50-33-35-107-65(50)53(78)37-48)68(99)93-41-52(106-21-5)39-57(93)67(98)84-76(44-75(7,8)45-76)74(105)91(16)64(49(19-3)20-4)73(104)90(15)58(69(100)85(9)10)40-61(95)88(55)13/h22-23,46-59,63-65H,17-21,24-45H2,1-16H3,(H,82,94)(H,83,97)(H,84,98)/b23-22-/t46-,47?,48?,50?,51?,52+,53?,54-,55-,56-,57-,58-,59-,63-,64-,65?/m0/s1. The van der Waals surface area contributed by atoms with Gasteiger partial charge in [-0.3, -0.25) is 57.5 Å². The van der Waals surface area contributed by atoms with E-state index in [2.05, 4.69) is 16.0 Å². The molecule has 4 unspecified atom stereocenters. The molecule has 3 saturated heterocycles. The zero-order valence-electron chi connectivity index (χ0n) is 66.3. The number of carbonyl (C=O) groups excluding carboxylic acids is 12. The Bertz CT molecular complexity index is 3200. The van der Waals surface area contributed by atoms with Crippen LogP contribution in [-0.2, 0) is 62.3 Å². The maximum absolute atomic E-state index is 15.8. The van der Waals surface area contributed by atoms with Gasteiger partial charge in [0.15, 0.2) is 0 Å². The van der Waals surface area contributed by atoms with Crippen LogP contribution in [-0.4, -0.2) is 287 Å². The lowest BCUT2D eigenvalue weighted by Crippen LogP contribution is -2.71. The summed E-state index contributed by atoms with van der Waals surface area (Å²) < 4.78 is 48.7. The van der Waals surface area contributed by atoms with Crippen molar-refractivity contribution in [2.45, 2.75) is 267 Å². The molecule has 604 valence electrons. The van der Waals surface area contributed by atoms with Crippen LogP contribution in [0.25, 0.3) is 0 Å². The van der Waals surface area contributed by atoms with Gasteiger partial charge in [0.05, 0.1) is 31.5 Å². The van der Waals surface area contributed by atoms with Crippen LogP contribution in [0.15, 0.2) is 12.2 Å². The summed E-state index contributed by atoms with van der Waals surface area (Å²) in [6.07, 6.45) is 2.70. The molecule has 14 atom stereocenters. The Labute approximate surface area is 641 Å². The lowest BCUT2D eigenvalue weighted by Gasteiger charge is -2.54. The van der Waals surface area contributed by atoms with E-state index in [0.717, 1.165) is 28.4 Å². The highest BCUT2D eigenvalue weighted by Gasteiger charge is 2.59. The lowest BCUT2D eigenvalue weighted by atomic mass is 9.58. The minimum Gasteiger partial charge on any atom is -0.377 e. The summed E-state index contributed by atoms with van der Waals surface area (Å²) in [4.78, 5) is 194. The second-order valence-corrected chi connectivity index (χ2v) is 34.7. The summed E-state index contributed by atoms with van der Waals surface area (Å²) in [6, 6.07) is -10.3. The van der Waals surface area contributed by atoms with Gasteiger partial charge < -0.3 is 64.8 Å². The van der Waals surface area contributed by atoms with Crippen LogP contribution in [0.4, 0.5) is 13.2 Å². The van der Waals surface area contributed by atoms with Crippen LogP contribution in [0.3, 0.4) is 0 Å². The normalized spacial score (nSPS) is 32.1. The molecule has 0 radical (unpaired) electrons. The van der Waals surface area contributed by atoms with Crippen LogP contribution in [0.5, 0.6) is 0 Å². The van der Waals surface area contributed by atoms with Crippen LogP contribution < -0.4 is 16.0 Å². The number of alkyl halides is 4. The van der Waals surface area contributed by atoms with Gasteiger partial charge in [0.2, 0.25) is 70.9 Å². The lowest BCUT2D eigenvalue weighted by molar-refractivity contribution is -0.184. The van der Waals surface area contributed by atoms with E-state index >= 15 is 28.8 Å². The number of rotatable bonds is 15. The van der Waals surface area contributed by atoms with E-state index < -0.39 is 186 Å². The Morgan fingerprint density at radius 3 is 1.94 bits per heavy atom. The number of likely N-dealkylation sites (N-methyl/N-ethyl adjacent to an activating group) is 7. The van der Waals surface area contributed by atoms with E-state index in [1.807, 2.05) is 46.4 Å². The Morgan fingerprint density at radius 2 is 1.35 bits per heavy atom. The van der Waals surface area contributed by atoms with E-state index in [4.69, 9.17) is 16.3 Å². The number of nitrogens with one attached hydrogen (secondary N) is 3. The molecule has 2 bridgehead atoms. The molecule has 3 N–H and O–H groups in total. The molecule has 4 aliphatic heterocycles. The fourth-order valence-corrected chi connectivity index (χ4v) is 20.2. The number of hydrogen-bond acceptors (Lipinski definition) is 14. The number of carbonyl (C=O) groups is 12. The van der Waals surface area contributed by atoms with Gasteiger partial charge in [-0.2, -0.15) is 24.9 Å². The summed E-state index contributed by atoms with van der Waals surface area (Å²) in [5.41, 5.74) is -2.14. The molecular weight excluding hydrogens is 1430 g/mol. The van der Waals surface area contributed by atoms with Gasteiger partial charge in [0.25, 0.3) is 0 Å². The Morgan fingerprint density at radius 1 is 0.692 bits per heavy atom. The van der Waals surface area contributed by atoms with Gasteiger partial charge in [-0.15, -0.1) is 11.6 Å². The molecule has 4 heterocycles. The molecule has 0 aromatic carbocycles. The molecule has 7 aliphatic rings. The number of amides is 12. The van der Waals surface area contributed by atoms with Crippen LogP contribution >= 0.6 is 23.4 Å². The first-order valence-corrected chi connectivity index (χ1v) is 40.7. The SMILES string of the molecule is CCC[C@H]1C(=O)N[C@@H]([C@@H](C)CC)C(=O)N(C)CC(=O)N(C)[C@H]2C/C=C\CCN(C2=O)[C@@H](CC2CCC(C(F)(F)F)CC2)C(=O)N(C)CC(=O)N[C@@H](CCC2CC(Cl)C3SCCC3C2)C(=O)N2C[C@H](OCC)C[C@H]2C(=O)NC2(CC(C)(C)C2)C(=O)N(C)[C@@H](C(CC)CC)C(=O)N(C)[C@H](C(=O)N(C)C)CC(=O)N1C. The van der Waals surface area contributed by atoms with Crippen molar-refractivity contribution in [1.82, 2.24) is 60.0 Å². The quantitative estimate of drug-likeness (QED) is 0.112. The van der Waals surface area contributed by atoms with Gasteiger partial charge in [-0.1, -0.05) is 86.3 Å². The van der Waals surface area contributed by atoms with Crippen molar-refractivity contribution in [3.63, 3.8) is 0 Å². The number of nitrogens with zero attached hydrogens (tertiary/aromatic N) is 9. The summed E-state index contributed by atoms with van der Waals surface area (Å²) >= 11 is 8.95. The van der Waals surface area contributed by atoms with Gasteiger partial charge >= 0.3 is 6.18 Å². The number of ether oxygens (including phenoxy) is 1. The predicted molar refractivity (Wildman–Crippen MR) is 402 cm³/mol. The predicted octanol–water partition coefficient (Wildman–Crippen LogP) is 6.86. The van der Waals surface area contributed by atoms with E-state index in [-0.39, 0.29) is 108 Å². The molecule has 3 aliphatic carbocycles. The Balaban J connectivity index is 1.33. The van der Waals surface area contributed by atoms with Gasteiger partial charge in [-0.05, 0) is 144 Å². The molecule has 25 nitrogen and oxygen atoms in total. The first-order valence-electron chi connectivity index (χ1n) is 39.2. The summed E-state index contributed by atoms with van der Waals surface area (Å²) in [7, 11) is 11.4. The highest BCUT2D eigenvalue weighted by Crippen LogP contribution is 2.50. The largest absolute Gasteiger partial charge is 0.391 e. The smallest absolute Gasteiger partial charge is 0.377 e. The first-order chi connectivity index (χ1) is 50.3. The second kappa shape index (κ2) is 38.1. The molecule has 3 saturated carbocycles. The third kappa shape index (κ3) is 21.3. The zero-order chi connectivity index (χ0) is 79.5. The van der Waals surface area contributed by atoms with E-state index in [0.29, 0.717) is 49.7 Å². The van der Waals surface area contributed by atoms with Crippen molar-refractivity contribution >= 4 is 94.2 Å². The topological polar surface area (TPSA) is 279 Å². The van der Waals surface area contributed by atoms with Crippen molar-refractivity contribution in [2.75, 3.05) is 94.9 Å². The maximum Gasteiger partial charge on any atom is 0.391 e. The molecule has 1 spiro atoms. The molecule has 0 aromatic heterocycles. The molecule has 12 amide bonds. The third-order valence-electron chi connectivity index (χ3n) is 24.3. The van der Waals surface area contributed by atoms with Crippen LogP contribution in [0.1, 0.15) is 190 Å². The van der Waals surface area contributed by atoms with Crippen molar-refractivity contribution in [3.05, 3.63) is 12.2 Å². The number of halogens is 4. The van der Waals surface area contributed by atoms with E-state index in [9.17, 15) is 41.9 Å². The van der Waals surface area contributed by atoms with Crippen molar-refractivity contribution in [3.8, 4) is 0 Å². The highest BCUT2D eigenvalue weighted by molar-refractivity contribution is 8.00. The van der Waals surface area contributed by atoms with E-state index in [1.165, 1.54) is 90.7 Å². The van der Waals surface area contributed by atoms with Crippen LogP contribution in [0.2, 0.25) is 0 Å². The molecule has 7 rings (SSSR count). The Hall–Kier alpha value is -6.23. The number of hydrogen-bond donors (Lipinski definition) is 3. The van der Waals surface area contributed by atoms with Crippen LogP contribution in [0, 0.1) is 40.9 Å². The third-order valence-corrected chi connectivity index (χ3v) is 26.5. The highest BCUT2D eigenvalue weighted by atomic mass is 35.5. The molecule has 6 fully saturated rings. The van der Waals surface area contributed by atoms with Gasteiger partial charge in [0.1, 0.15) is 53.9 Å². The summed E-state index contributed by atoms with van der Waals surface area (Å²) in [5, 5.41) is 9.13. The number of fused-ring (bicyclic) bond motifs is 4. The van der Waals surface area contributed by atoms with Crippen molar-refractivity contribution in [1.29, 1.82) is 0 Å². The fourth-order valence-electron chi connectivity index (χ4n) is 17.9. The monoisotopic (exact) mass is 1550 g/mol. The molecule has 30 heteroatoms. The zero-order valence-corrected chi connectivity index (χ0v) is 67.9. The number of thioether (sulfide) groups is 1. The average molecular weight is 1550 g/mol. The van der Waals surface area contributed by atoms with Gasteiger partial charge in [-0.25, -0.2) is 0 Å². The molecule has 107 heavy (non-hydrogen) atoms. The minimum atomic E-state index is -4.44. The fraction of sp³-hybridized carbons (Fsp3) is 0.818. The van der Waals surface area contributed by atoms with Gasteiger partial charge in [0, 0.05) is 93.1 Å². The average Bonchev–Trinajstić information content (AvgIpc) is 1.19. The second-order valence-electron chi connectivity index (χ2n) is 32.8. The van der Waals surface area contributed by atoms with Crippen molar-refractivity contribution < 1.29 is 75.4 Å². The van der Waals surface area contributed by atoms with Crippen molar-refractivity contribution in [2.24, 2.45) is 40.9 Å². The molecule has 0 aromatic rings. The summed E-state index contributed by atoms with van der Waals surface area (Å²) in [5.74, 6) is -9.74. The minimum absolute atomic E-state index is 0.00713. The Kier molecular flexibility index (Phi) is 31.4. The first kappa shape index (κ1) is 88.0. The molecular formula is C77H124ClF3N12O13S. The summed E-state index contributed by atoms with van der Waals surface area (Å²) in [6.45, 7) is 13.6.